The van der Waals surface area contributed by atoms with Gasteiger partial charge in [0, 0.05) is 6.54 Å². The smallest absolute Gasteiger partial charge is 0.407 e. The van der Waals surface area contributed by atoms with Crippen LogP contribution in [0.1, 0.15) is 21.7 Å². The molecule has 0 aliphatic heterocycles. The summed E-state index contributed by atoms with van der Waals surface area (Å²) in [4.78, 5) is 22.8. The molecule has 0 saturated heterocycles. The Hall–Kier alpha value is -2.83. The Morgan fingerprint density at radius 3 is 2.45 bits per heavy atom. The summed E-state index contributed by atoms with van der Waals surface area (Å²) in [5, 5.41) is 6.89. The van der Waals surface area contributed by atoms with Crippen LogP contribution in [0.15, 0.2) is 30.3 Å². The molecule has 0 aliphatic rings. The van der Waals surface area contributed by atoms with Crippen molar-refractivity contribution in [3.63, 3.8) is 0 Å². The summed E-state index contributed by atoms with van der Waals surface area (Å²) in [6.07, 6.45) is -0.486. The average molecular weight is 303 g/mol. The molecule has 1 amide bonds. The van der Waals surface area contributed by atoms with Gasteiger partial charge in [-0.25, -0.2) is 14.3 Å². The molecule has 0 radical (unpaired) electrons. The van der Waals surface area contributed by atoms with Crippen molar-refractivity contribution in [1.82, 2.24) is 15.1 Å². The molecule has 1 heterocycles. The van der Waals surface area contributed by atoms with Gasteiger partial charge in [-0.1, -0.05) is 12.1 Å². The summed E-state index contributed by atoms with van der Waals surface area (Å²) < 4.78 is 10.8. The maximum absolute atomic E-state index is 11.8. The lowest BCUT2D eigenvalue weighted by Gasteiger charge is -2.08. The highest BCUT2D eigenvalue weighted by Crippen LogP contribution is 2.14. The predicted octanol–water partition coefficient (Wildman–Crippen LogP) is 1.82. The Kier molecular flexibility index (Phi) is 4.77. The third-order valence-electron chi connectivity index (χ3n) is 3.03. The fourth-order valence-electron chi connectivity index (χ4n) is 1.95. The van der Waals surface area contributed by atoms with Gasteiger partial charge in [-0.3, -0.25) is 0 Å². The maximum Gasteiger partial charge on any atom is 0.407 e. The molecule has 0 saturated carbocycles. The first-order chi connectivity index (χ1) is 10.5. The highest BCUT2D eigenvalue weighted by molar-refractivity contribution is 5.88. The number of nitrogens with one attached hydrogen (secondary N) is 1. The van der Waals surface area contributed by atoms with Crippen LogP contribution in [-0.4, -0.2) is 36.1 Å². The molecule has 7 nitrogen and oxygen atoms in total. The fourth-order valence-corrected chi connectivity index (χ4v) is 1.95. The molecule has 2 aromatic rings. The van der Waals surface area contributed by atoms with E-state index in [4.69, 9.17) is 4.74 Å². The molecule has 22 heavy (non-hydrogen) atoms. The lowest BCUT2D eigenvalue weighted by molar-refractivity contribution is 0.0590. The van der Waals surface area contributed by atoms with E-state index in [1.165, 1.54) is 18.9 Å². The van der Waals surface area contributed by atoms with Crippen molar-refractivity contribution in [3.8, 4) is 5.69 Å². The Morgan fingerprint density at radius 1 is 1.18 bits per heavy atom. The Bertz CT molecular complexity index is 677. The number of methoxy groups -OCH3 is 2. The molecule has 1 aromatic carbocycles. The molecule has 116 valence electrons. The van der Waals surface area contributed by atoms with Crippen LogP contribution >= 0.6 is 0 Å². The fraction of sp³-hybridized carbons (Fsp3) is 0.267. The van der Waals surface area contributed by atoms with Gasteiger partial charge in [0.2, 0.25) is 0 Å². The molecule has 0 aliphatic carbocycles. The van der Waals surface area contributed by atoms with E-state index in [0.29, 0.717) is 12.2 Å². The number of aromatic nitrogens is 2. The lowest BCUT2D eigenvalue weighted by atomic mass is 10.2. The zero-order valence-corrected chi connectivity index (χ0v) is 12.6. The van der Waals surface area contributed by atoms with E-state index in [9.17, 15) is 9.59 Å². The molecule has 0 bridgehead atoms. The second-order valence-electron chi connectivity index (χ2n) is 4.59. The minimum absolute atomic E-state index is 0.356. The molecule has 0 spiro atoms. The SMILES string of the molecule is COC(=O)NCc1ccc(-n2nc(C)cc2C(=O)OC)cc1. The van der Waals surface area contributed by atoms with Crippen LogP contribution in [0, 0.1) is 6.92 Å². The van der Waals surface area contributed by atoms with Gasteiger partial charge in [0.05, 0.1) is 25.6 Å². The normalized spacial score (nSPS) is 10.1. The molecule has 1 aromatic heterocycles. The largest absolute Gasteiger partial charge is 0.464 e. The number of alkyl carbamates (subject to hydrolysis) is 1. The number of benzene rings is 1. The topological polar surface area (TPSA) is 82.5 Å². The van der Waals surface area contributed by atoms with E-state index >= 15 is 0 Å². The molecule has 0 unspecified atom stereocenters. The number of hydrogen-bond donors (Lipinski definition) is 1. The van der Waals surface area contributed by atoms with Crippen LogP contribution in [0.4, 0.5) is 4.79 Å². The molecular weight excluding hydrogens is 286 g/mol. The van der Waals surface area contributed by atoms with Crippen molar-refractivity contribution >= 4 is 12.1 Å². The minimum atomic E-state index is -0.486. The number of rotatable bonds is 4. The van der Waals surface area contributed by atoms with Crippen LogP contribution in [-0.2, 0) is 16.0 Å². The molecule has 7 heteroatoms. The van der Waals surface area contributed by atoms with Crippen LogP contribution in [0.3, 0.4) is 0 Å². The standard InChI is InChI=1S/C15H17N3O4/c1-10-8-13(14(19)21-2)18(17-10)12-6-4-11(5-7-12)9-16-15(20)22-3/h4-8H,9H2,1-3H3,(H,16,20). The number of ether oxygens (including phenoxy) is 2. The Balaban J connectivity index is 2.20. The third kappa shape index (κ3) is 3.43. The van der Waals surface area contributed by atoms with Crippen molar-refractivity contribution in [2.24, 2.45) is 0 Å². The van der Waals surface area contributed by atoms with E-state index in [1.54, 1.807) is 13.0 Å². The van der Waals surface area contributed by atoms with Gasteiger partial charge in [0.25, 0.3) is 0 Å². The average Bonchev–Trinajstić information content (AvgIpc) is 2.94. The summed E-state index contributed by atoms with van der Waals surface area (Å²) in [6.45, 7) is 2.16. The van der Waals surface area contributed by atoms with Gasteiger partial charge >= 0.3 is 12.1 Å². The molecule has 0 fully saturated rings. The number of esters is 1. The van der Waals surface area contributed by atoms with Gasteiger partial charge in [-0.2, -0.15) is 5.10 Å². The molecule has 2 rings (SSSR count). The quantitative estimate of drug-likeness (QED) is 0.871. The number of carbonyl (C=O) groups excluding carboxylic acids is 2. The highest BCUT2D eigenvalue weighted by Gasteiger charge is 2.15. The van der Waals surface area contributed by atoms with Gasteiger partial charge in [0.15, 0.2) is 5.69 Å². The molecular formula is C15H17N3O4. The van der Waals surface area contributed by atoms with Gasteiger partial charge in [-0.05, 0) is 30.7 Å². The van der Waals surface area contributed by atoms with E-state index < -0.39 is 12.1 Å². The zero-order chi connectivity index (χ0) is 16.1. The van der Waals surface area contributed by atoms with Crippen LogP contribution in [0.5, 0.6) is 0 Å². The first-order valence-corrected chi connectivity index (χ1v) is 6.61. The number of carbonyl (C=O) groups is 2. The van der Waals surface area contributed by atoms with E-state index in [1.807, 2.05) is 24.3 Å². The summed E-state index contributed by atoms with van der Waals surface area (Å²) in [6, 6.07) is 8.96. The third-order valence-corrected chi connectivity index (χ3v) is 3.03. The number of nitrogens with zero attached hydrogens (tertiary/aromatic N) is 2. The van der Waals surface area contributed by atoms with Crippen molar-refractivity contribution < 1.29 is 19.1 Å². The van der Waals surface area contributed by atoms with Crippen molar-refractivity contribution in [2.75, 3.05) is 14.2 Å². The van der Waals surface area contributed by atoms with Crippen molar-refractivity contribution in [2.45, 2.75) is 13.5 Å². The number of amides is 1. The van der Waals surface area contributed by atoms with Crippen molar-refractivity contribution in [1.29, 1.82) is 0 Å². The van der Waals surface area contributed by atoms with Crippen molar-refractivity contribution in [3.05, 3.63) is 47.3 Å². The number of aryl methyl sites for hydroxylation is 1. The van der Waals surface area contributed by atoms with E-state index in [2.05, 4.69) is 15.2 Å². The van der Waals surface area contributed by atoms with Crippen LogP contribution < -0.4 is 5.32 Å². The van der Waals surface area contributed by atoms with Gasteiger partial charge in [-0.15, -0.1) is 0 Å². The van der Waals surface area contributed by atoms with Gasteiger partial charge in [0.1, 0.15) is 0 Å². The molecule has 1 N–H and O–H groups in total. The highest BCUT2D eigenvalue weighted by atomic mass is 16.5. The second kappa shape index (κ2) is 6.75. The number of hydrogen-bond acceptors (Lipinski definition) is 5. The maximum atomic E-state index is 11.8. The Labute approximate surface area is 127 Å². The molecule has 0 atom stereocenters. The first-order valence-electron chi connectivity index (χ1n) is 6.61. The van der Waals surface area contributed by atoms with E-state index in [0.717, 1.165) is 16.9 Å². The minimum Gasteiger partial charge on any atom is -0.464 e. The monoisotopic (exact) mass is 303 g/mol. The summed E-state index contributed by atoms with van der Waals surface area (Å²) >= 11 is 0. The zero-order valence-electron chi connectivity index (χ0n) is 12.6. The lowest BCUT2D eigenvalue weighted by Crippen LogP contribution is -2.22. The van der Waals surface area contributed by atoms with Crippen LogP contribution in [0.2, 0.25) is 0 Å². The summed E-state index contributed by atoms with van der Waals surface area (Å²) in [5.74, 6) is -0.447. The summed E-state index contributed by atoms with van der Waals surface area (Å²) in [7, 11) is 2.64. The Morgan fingerprint density at radius 2 is 1.86 bits per heavy atom. The predicted molar refractivity (Wildman–Crippen MR) is 78.9 cm³/mol. The van der Waals surface area contributed by atoms with Crippen LogP contribution in [0.25, 0.3) is 5.69 Å². The first kappa shape index (κ1) is 15.6. The second-order valence-corrected chi connectivity index (χ2v) is 4.59. The summed E-state index contributed by atoms with van der Waals surface area (Å²) in [5.41, 5.74) is 2.71. The van der Waals surface area contributed by atoms with Gasteiger partial charge < -0.3 is 14.8 Å². The van der Waals surface area contributed by atoms with E-state index in [-0.39, 0.29) is 0 Å².